The molecular formula is C15H19N2O8S-. The first-order valence-corrected chi connectivity index (χ1v) is 8.84. The van der Waals surface area contributed by atoms with Crippen LogP contribution in [0.3, 0.4) is 0 Å². The van der Waals surface area contributed by atoms with Crippen molar-refractivity contribution in [3.05, 3.63) is 35.0 Å². The van der Waals surface area contributed by atoms with E-state index in [4.69, 9.17) is 15.1 Å². The minimum Gasteiger partial charge on any atom is -0.733 e. The van der Waals surface area contributed by atoms with Gasteiger partial charge in [-0.25, -0.2) is 14.4 Å². The van der Waals surface area contributed by atoms with Crippen LogP contribution in [0, 0.1) is 5.21 Å². The monoisotopic (exact) mass is 387 g/mol. The number of para-hydroxylation sites is 1. The van der Waals surface area contributed by atoms with Gasteiger partial charge in [0, 0.05) is 5.56 Å². The summed E-state index contributed by atoms with van der Waals surface area (Å²) in [5.41, 5.74) is -0.677. The molecule has 1 unspecified atom stereocenters. The molecule has 4 N–H and O–H groups in total. The van der Waals surface area contributed by atoms with E-state index in [1.807, 2.05) is 6.26 Å². The number of ether oxygens (including phenoxy) is 1. The highest BCUT2D eigenvalue weighted by atomic mass is 32.2. The number of carboxylic acids is 2. The third kappa shape index (κ3) is 6.43. The number of benzene rings is 1. The Kier molecular flexibility index (Phi) is 8.68. The summed E-state index contributed by atoms with van der Waals surface area (Å²) in [6, 6.07) is 3.86. The van der Waals surface area contributed by atoms with Gasteiger partial charge < -0.3 is 30.7 Å². The lowest BCUT2D eigenvalue weighted by molar-refractivity contribution is -0.147. The van der Waals surface area contributed by atoms with Gasteiger partial charge in [0.25, 0.3) is 0 Å². The van der Waals surface area contributed by atoms with Gasteiger partial charge in [0.15, 0.2) is 0 Å². The highest BCUT2D eigenvalue weighted by Gasteiger charge is 2.29. The minimum absolute atomic E-state index is 0.143. The summed E-state index contributed by atoms with van der Waals surface area (Å²) in [5.74, 6) is -2.18. The Balaban J connectivity index is 2.89. The Hall–Kier alpha value is -2.50. The molecular weight excluding hydrogens is 368 g/mol. The summed E-state index contributed by atoms with van der Waals surface area (Å²) in [6.45, 7) is 0. The largest absolute Gasteiger partial charge is 0.733 e. The highest BCUT2D eigenvalue weighted by Crippen LogP contribution is 2.28. The molecule has 1 aromatic carbocycles. The highest BCUT2D eigenvalue weighted by molar-refractivity contribution is 7.98. The zero-order chi connectivity index (χ0) is 19.7. The fourth-order valence-corrected chi connectivity index (χ4v) is 2.56. The molecule has 0 bridgehead atoms. The molecule has 144 valence electrons. The number of hydrogen-bond acceptors (Lipinski definition) is 8. The average molecular weight is 387 g/mol. The van der Waals surface area contributed by atoms with Crippen LogP contribution in [-0.2, 0) is 14.3 Å². The van der Waals surface area contributed by atoms with Crippen LogP contribution < -0.4 is 10.5 Å². The molecule has 0 radical (unpaired) electrons. The maximum absolute atomic E-state index is 11.9. The molecule has 0 saturated carbocycles. The fourth-order valence-electron chi connectivity index (χ4n) is 2.10. The number of hydrogen-bond donors (Lipinski definition) is 4. The molecule has 1 amide bonds. The van der Waals surface area contributed by atoms with Crippen molar-refractivity contribution in [2.24, 2.45) is 0 Å². The number of nitrogens with zero attached hydrogens (tertiary/aromatic N) is 1. The van der Waals surface area contributed by atoms with Crippen molar-refractivity contribution in [2.45, 2.75) is 25.0 Å². The smallest absolute Gasteiger partial charge is 0.409 e. The number of carboxylic acid groups (broad SMARTS) is 2. The number of carbonyl (C=O) groups excluding carboxylic acids is 1. The SMILES string of the molecule is CSCCC[C@H](NC(=O)OC(C(=O)O)c1ccccc1N([O-])O)C(=O)O. The Bertz CT molecular complexity index is 640. The average Bonchev–Trinajstić information content (AvgIpc) is 2.58. The van der Waals surface area contributed by atoms with E-state index in [0.717, 1.165) is 6.07 Å². The van der Waals surface area contributed by atoms with Gasteiger partial charge >= 0.3 is 18.0 Å². The Morgan fingerprint density at radius 3 is 2.46 bits per heavy atom. The lowest BCUT2D eigenvalue weighted by Crippen LogP contribution is -2.42. The summed E-state index contributed by atoms with van der Waals surface area (Å²) >= 11 is 1.52. The number of carbonyl (C=O) groups is 3. The number of rotatable bonds is 10. The van der Waals surface area contributed by atoms with E-state index in [0.29, 0.717) is 12.2 Å². The molecule has 2 atom stereocenters. The molecule has 26 heavy (non-hydrogen) atoms. The molecule has 0 aliphatic rings. The Labute approximate surface area is 153 Å². The number of aliphatic carboxylic acids is 2. The summed E-state index contributed by atoms with van der Waals surface area (Å²) in [5, 5.41) is 40.1. The first kappa shape index (κ1) is 21.5. The summed E-state index contributed by atoms with van der Waals surface area (Å²) < 4.78 is 4.78. The molecule has 10 nitrogen and oxygen atoms in total. The van der Waals surface area contributed by atoms with Crippen molar-refractivity contribution in [1.82, 2.24) is 5.32 Å². The number of anilines is 1. The van der Waals surface area contributed by atoms with Gasteiger partial charge in [-0.15, -0.1) is 0 Å². The van der Waals surface area contributed by atoms with E-state index in [9.17, 15) is 24.7 Å². The molecule has 0 aliphatic carbocycles. The molecule has 0 aromatic heterocycles. The second kappa shape index (κ2) is 10.5. The number of amides is 1. The van der Waals surface area contributed by atoms with Gasteiger partial charge in [-0.3, -0.25) is 5.21 Å². The van der Waals surface area contributed by atoms with Crippen molar-refractivity contribution < 1.29 is 34.5 Å². The van der Waals surface area contributed by atoms with Crippen LogP contribution in [0.5, 0.6) is 0 Å². The lowest BCUT2D eigenvalue weighted by atomic mass is 10.1. The van der Waals surface area contributed by atoms with Gasteiger partial charge in [0.2, 0.25) is 6.10 Å². The van der Waals surface area contributed by atoms with Crippen molar-refractivity contribution in [3.8, 4) is 0 Å². The molecule has 0 spiro atoms. The van der Waals surface area contributed by atoms with Crippen molar-refractivity contribution in [2.75, 3.05) is 17.2 Å². The van der Waals surface area contributed by atoms with Gasteiger partial charge in [0.05, 0.1) is 5.69 Å². The Morgan fingerprint density at radius 2 is 1.92 bits per heavy atom. The van der Waals surface area contributed by atoms with E-state index < -0.39 is 41.1 Å². The zero-order valence-electron chi connectivity index (χ0n) is 13.8. The molecule has 1 aromatic rings. The standard InChI is InChI=1S/C15H19N2O8S/c1-26-8-4-6-10(13(18)19)16-15(22)25-12(14(20)21)9-5-2-3-7-11(9)17(23)24/h2-3,5,7,10,12,23H,4,6,8H2,1H3,(H,16,22)(H,18,19)(H,20,21)/q-1/t10-,12?/m0/s1. The first-order valence-electron chi connectivity index (χ1n) is 7.44. The van der Waals surface area contributed by atoms with Gasteiger partial charge in [-0.2, -0.15) is 11.8 Å². The molecule has 11 heteroatoms. The van der Waals surface area contributed by atoms with Crippen LogP contribution in [-0.4, -0.2) is 51.5 Å². The third-order valence-corrected chi connectivity index (χ3v) is 4.00. The summed E-state index contributed by atoms with van der Waals surface area (Å²) in [4.78, 5) is 34.5. The number of thioether (sulfide) groups is 1. The number of alkyl carbamates (subject to hydrolysis) is 1. The lowest BCUT2D eigenvalue weighted by Gasteiger charge is -2.26. The topological polar surface area (TPSA) is 159 Å². The molecule has 0 saturated heterocycles. The van der Waals surface area contributed by atoms with Crippen molar-refractivity contribution in [3.63, 3.8) is 0 Å². The predicted octanol–water partition coefficient (Wildman–Crippen LogP) is 1.83. The summed E-state index contributed by atoms with van der Waals surface area (Å²) in [7, 11) is 0. The minimum atomic E-state index is -1.91. The van der Waals surface area contributed by atoms with Gasteiger partial charge in [0.1, 0.15) is 6.04 Å². The van der Waals surface area contributed by atoms with Crippen molar-refractivity contribution in [1.29, 1.82) is 0 Å². The van der Waals surface area contributed by atoms with Gasteiger partial charge in [-0.05, 0) is 30.9 Å². The molecule has 1 rings (SSSR count). The second-order valence-electron chi connectivity index (χ2n) is 5.13. The first-order chi connectivity index (χ1) is 12.3. The predicted molar refractivity (Wildman–Crippen MR) is 93.1 cm³/mol. The fraction of sp³-hybridized carbons (Fsp3) is 0.400. The maximum atomic E-state index is 11.9. The van der Waals surface area contributed by atoms with Crippen LogP contribution in [0.15, 0.2) is 24.3 Å². The second-order valence-corrected chi connectivity index (χ2v) is 6.11. The molecule has 0 aliphatic heterocycles. The van der Waals surface area contributed by atoms with E-state index in [1.165, 1.54) is 30.0 Å². The maximum Gasteiger partial charge on any atom is 0.409 e. The van der Waals surface area contributed by atoms with Crippen LogP contribution in [0.25, 0.3) is 0 Å². The van der Waals surface area contributed by atoms with E-state index in [2.05, 4.69) is 5.32 Å². The van der Waals surface area contributed by atoms with E-state index in [-0.39, 0.29) is 12.0 Å². The normalized spacial score (nSPS) is 12.7. The van der Waals surface area contributed by atoms with Gasteiger partial charge in [-0.1, -0.05) is 18.2 Å². The quantitative estimate of drug-likeness (QED) is 0.344. The van der Waals surface area contributed by atoms with Crippen LogP contribution in [0.1, 0.15) is 24.5 Å². The van der Waals surface area contributed by atoms with E-state index in [1.54, 1.807) is 0 Å². The molecule has 0 fully saturated rings. The van der Waals surface area contributed by atoms with Crippen LogP contribution in [0.4, 0.5) is 10.5 Å². The third-order valence-electron chi connectivity index (χ3n) is 3.31. The zero-order valence-corrected chi connectivity index (χ0v) is 14.6. The van der Waals surface area contributed by atoms with Crippen molar-refractivity contribution >= 4 is 35.5 Å². The van der Waals surface area contributed by atoms with Crippen LogP contribution in [0.2, 0.25) is 0 Å². The molecule has 0 heterocycles. The number of nitrogens with one attached hydrogen (secondary N) is 1. The Morgan fingerprint density at radius 1 is 1.27 bits per heavy atom. The van der Waals surface area contributed by atoms with E-state index >= 15 is 0 Å². The van der Waals surface area contributed by atoms with Crippen LogP contribution >= 0.6 is 11.8 Å². The summed E-state index contributed by atoms with van der Waals surface area (Å²) in [6.07, 6.45) is -0.647.